The molecule has 2 N–H and O–H groups in total. The highest BCUT2D eigenvalue weighted by molar-refractivity contribution is 9.10. The molecule has 3 nitrogen and oxygen atoms in total. The van der Waals surface area contributed by atoms with Gasteiger partial charge in [-0.05, 0) is 53.4 Å². The van der Waals surface area contributed by atoms with E-state index in [-0.39, 0.29) is 0 Å². The molecule has 0 radical (unpaired) electrons. The van der Waals surface area contributed by atoms with Gasteiger partial charge >= 0.3 is 0 Å². The summed E-state index contributed by atoms with van der Waals surface area (Å²) in [5.74, 6) is 0. The maximum Gasteiger partial charge on any atom is 0.136 e. The molecule has 0 saturated carbocycles. The highest BCUT2D eigenvalue weighted by atomic mass is 79.9. The summed E-state index contributed by atoms with van der Waals surface area (Å²) in [7, 11) is 1.97. The van der Waals surface area contributed by atoms with Gasteiger partial charge in [-0.15, -0.1) is 0 Å². The van der Waals surface area contributed by atoms with Crippen molar-refractivity contribution in [3.8, 4) is 0 Å². The van der Waals surface area contributed by atoms with E-state index in [4.69, 9.17) is 5.73 Å². The van der Waals surface area contributed by atoms with Crippen molar-refractivity contribution >= 4 is 26.8 Å². The van der Waals surface area contributed by atoms with E-state index in [1.807, 2.05) is 11.7 Å². The van der Waals surface area contributed by atoms with E-state index < -0.39 is 0 Å². The molecule has 86 valence electrons. The normalized spacial score (nSPS) is 11.2. The third kappa shape index (κ3) is 2.13. The molecule has 2 rings (SSSR count). The lowest BCUT2D eigenvalue weighted by atomic mass is 10.0. The van der Waals surface area contributed by atoms with Crippen molar-refractivity contribution < 1.29 is 0 Å². The fourth-order valence-electron chi connectivity index (χ4n) is 2.00. The molecule has 4 heteroatoms. The molecule has 1 aromatic heterocycles. The Morgan fingerprint density at radius 2 is 2.19 bits per heavy atom. The van der Waals surface area contributed by atoms with Gasteiger partial charge in [0, 0.05) is 12.4 Å². The lowest BCUT2D eigenvalue weighted by molar-refractivity contribution is 0.747. The molecule has 0 saturated heterocycles. The summed E-state index contributed by atoms with van der Waals surface area (Å²) in [4.78, 5) is 0. The summed E-state index contributed by atoms with van der Waals surface area (Å²) >= 11 is 3.52. The number of halogens is 1. The number of fused-ring (bicyclic) bond motifs is 1. The van der Waals surface area contributed by atoms with Crippen LogP contribution in [0.2, 0.25) is 0 Å². The third-order valence-corrected chi connectivity index (χ3v) is 3.38. The number of hydrogen-bond donors (Lipinski definition) is 1. The first-order valence-corrected chi connectivity index (χ1v) is 6.33. The molecular weight excluding hydrogens is 266 g/mol. The minimum Gasteiger partial charge on any atom is -0.330 e. The van der Waals surface area contributed by atoms with Crippen molar-refractivity contribution in [2.45, 2.75) is 19.3 Å². The van der Waals surface area contributed by atoms with E-state index in [0.29, 0.717) is 0 Å². The number of aryl methyl sites for hydroxylation is 2. The summed E-state index contributed by atoms with van der Waals surface area (Å²) in [5, 5.41) is 5.63. The average molecular weight is 282 g/mol. The predicted octanol–water partition coefficient (Wildman–Crippen LogP) is 2.62. The SMILES string of the molecule is Cn1nc(Br)c2c(CCCCN)cccc21. The van der Waals surface area contributed by atoms with Crippen LogP contribution < -0.4 is 5.73 Å². The van der Waals surface area contributed by atoms with Crippen LogP contribution in [0.1, 0.15) is 18.4 Å². The fourth-order valence-corrected chi connectivity index (χ4v) is 2.69. The fraction of sp³-hybridized carbons (Fsp3) is 0.417. The smallest absolute Gasteiger partial charge is 0.136 e. The zero-order valence-electron chi connectivity index (χ0n) is 9.41. The Labute approximate surface area is 104 Å². The molecule has 1 aromatic carbocycles. The molecule has 1 heterocycles. The van der Waals surface area contributed by atoms with Crippen molar-refractivity contribution in [2.75, 3.05) is 6.54 Å². The summed E-state index contributed by atoms with van der Waals surface area (Å²) in [6.07, 6.45) is 3.28. The van der Waals surface area contributed by atoms with Gasteiger partial charge in [-0.3, -0.25) is 4.68 Å². The van der Waals surface area contributed by atoms with Crippen molar-refractivity contribution in [3.05, 3.63) is 28.4 Å². The molecule has 2 aromatic rings. The molecule has 0 atom stereocenters. The standard InChI is InChI=1S/C12H16BrN3/c1-16-10-7-4-6-9(5-2-3-8-14)11(10)12(13)15-16/h4,6-7H,2-3,5,8,14H2,1H3. The molecule has 0 aliphatic rings. The first-order valence-electron chi connectivity index (χ1n) is 5.54. The molecule has 0 unspecified atom stereocenters. The monoisotopic (exact) mass is 281 g/mol. The zero-order chi connectivity index (χ0) is 11.5. The lowest BCUT2D eigenvalue weighted by Crippen LogP contribution is -1.99. The third-order valence-electron chi connectivity index (χ3n) is 2.82. The highest BCUT2D eigenvalue weighted by Gasteiger charge is 2.09. The van der Waals surface area contributed by atoms with Gasteiger partial charge in [0.15, 0.2) is 0 Å². The second-order valence-corrected chi connectivity index (χ2v) is 4.72. The molecule has 0 aliphatic heterocycles. The number of benzene rings is 1. The number of rotatable bonds is 4. The van der Waals surface area contributed by atoms with Gasteiger partial charge in [0.25, 0.3) is 0 Å². The van der Waals surface area contributed by atoms with Crippen molar-refractivity contribution in [2.24, 2.45) is 12.8 Å². The topological polar surface area (TPSA) is 43.8 Å². The molecule has 16 heavy (non-hydrogen) atoms. The Balaban J connectivity index is 2.37. The van der Waals surface area contributed by atoms with E-state index in [2.05, 4.69) is 39.2 Å². The Bertz CT molecular complexity index is 490. The minimum atomic E-state index is 0.768. The van der Waals surface area contributed by atoms with Gasteiger partial charge in [-0.25, -0.2) is 0 Å². The lowest BCUT2D eigenvalue weighted by Gasteiger charge is -2.03. The predicted molar refractivity (Wildman–Crippen MR) is 70.4 cm³/mol. The first kappa shape index (κ1) is 11.6. The van der Waals surface area contributed by atoms with E-state index >= 15 is 0 Å². The molecule has 0 fully saturated rings. The van der Waals surface area contributed by atoms with Crippen LogP contribution in [0.5, 0.6) is 0 Å². The second-order valence-electron chi connectivity index (χ2n) is 3.97. The van der Waals surface area contributed by atoms with Gasteiger partial charge in [0.2, 0.25) is 0 Å². The quantitative estimate of drug-likeness (QED) is 0.876. The van der Waals surface area contributed by atoms with Crippen molar-refractivity contribution in [3.63, 3.8) is 0 Å². The molecule has 0 bridgehead atoms. The Morgan fingerprint density at radius 1 is 1.38 bits per heavy atom. The second kappa shape index (κ2) is 4.97. The number of aromatic nitrogens is 2. The minimum absolute atomic E-state index is 0.768. The summed E-state index contributed by atoms with van der Waals surface area (Å²) in [6, 6.07) is 6.36. The van der Waals surface area contributed by atoms with Crippen LogP contribution in [-0.2, 0) is 13.5 Å². The average Bonchev–Trinajstić information content (AvgIpc) is 2.56. The van der Waals surface area contributed by atoms with E-state index in [9.17, 15) is 0 Å². The zero-order valence-corrected chi connectivity index (χ0v) is 11.0. The number of nitrogens with zero attached hydrogens (tertiary/aromatic N) is 2. The van der Waals surface area contributed by atoms with Gasteiger partial charge in [-0.2, -0.15) is 5.10 Å². The van der Waals surface area contributed by atoms with Crippen LogP contribution in [0.4, 0.5) is 0 Å². The maximum atomic E-state index is 5.51. The number of nitrogens with two attached hydrogens (primary N) is 1. The summed E-state index contributed by atoms with van der Waals surface area (Å²) in [6.45, 7) is 0.768. The van der Waals surface area contributed by atoms with Crippen molar-refractivity contribution in [1.82, 2.24) is 9.78 Å². The largest absolute Gasteiger partial charge is 0.330 e. The van der Waals surface area contributed by atoms with E-state index in [0.717, 1.165) is 30.4 Å². The number of hydrogen-bond acceptors (Lipinski definition) is 2. The van der Waals surface area contributed by atoms with E-state index in [1.165, 1.54) is 16.5 Å². The maximum absolute atomic E-state index is 5.51. The molecule has 0 amide bonds. The molecule has 0 aliphatic carbocycles. The van der Waals surface area contributed by atoms with Crippen LogP contribution in [-0.4, -0.2) is 16.3 Å². The van der Waals surface area contributed by atoms with Crippen LogP contribution in [0, 0.1) is 0 Å². The van der Waals surface area contributed by atoms with Crippen LogP contribution in [0.25, 0.3) is 10.9 Å². The Hall–Kier alpha value is -0.870. The summed E-state index contributed by atoms with van der Waals surface area (Å²) < 4.78 is 2.85. The van der Waals surface area contributed by atoms with Gasteiger partial charge in [-0.1, -0.05) is 12.1 Å². The van der Waals surface area contributed by atoms with Crippen LogP contribution in [0.3, 0.4) is 0 Å². The molecular formula is C12H16BrN3. The van der Waals surface area contributed by atoms with Gasteiger partial charge < -0.3 is 5.73 Å². The Kier molecular flexibility index (Phi) is 3.61. The highest BCUT2D eigenvalue weighted by Crippen LogP contribution is 2.27. The van der Waals surface area contributed by atoms with E-state index in [1.54, 1.807) is 0 Å². The van der Waals surface area contributed by atoms with Crippen LogP contribution >= 0.6 is 15.9 Å². The number of unbranched alkanes of at least 4 members (excludes halogenated alkanes) is 1. The van der Waals surface area contributed by atoms with Gasteiger partial charge in [0.1, 0.15) is 4.60 Å². The molecule has 0 spiro atoms. The van der Waals surface area contributed by atoms with Crippen molar-refractivity contribution in [1.29, 1.82) is 0 Å². The first-order chi connectivity index (χ1) is 7.74. The van der Waals surface area contributed by atoms with Crippen LogP contribution in [0.15, 0.2) is 22.8 Å². The summed E-state index contributed by atoms with van der Waals surface area (Å²) in [5.41, 5.74) is 8.04. The van der Waals surface area contributed by atoms with Gasteiger partial charge in [0.05, 0.1) is 5.52 Å². The Morgan fingerprint density at radius 3 is 2.94 bits per heavy atom.